The molecule has 0 aromatic heterocycles. The summed E-state index contributed by atoms with van der Waals surface area (Å²) in [6.45, 7) is 3.37. The van der Waals surface area contributed by atoms with Gasteiger partial charge in [0, 0.05) is 18.8 Å². The Morgan fingerprint density at radius 1 is 0.880 bits per heavy atom. The van der Waals surface area contributed by atoms with Gasteiger partial charge in [0.2, 0.25) is 0 Å². The zero-order chi connectivity index (χ0) is 17.1. The van der Waals surface area contributed by atoms with Crippen LogP contribution in [0.25, 0.3) is 10.8 Å². The molecule has 0 spiro atoms. The van der Waals surface area contributed by atoms with E-state index in [1.165, 1.54) is 5.69 Å². The second kappa shape index (κ2) is 6.95. The van der Waals surface area contributed by atoms with Gasteiger partial charge in [-0.25, -0.2) is 4.79 Å². The first-order valence-electron chi connectivity index (χ1n) is 8.43. The Bertz CT molecular complexity index is 886. The van der Waals surface area contributed by atoms with Crippen molar-refractivity contribution >= 4 is 22.4 Å². The summed E-state index contributed by atoms with van der Waals surface area (Å²) < 4.78 is 10.9. The molecule has 0 radical (unpaired) electrons. The third-order valence-corrected chi connectivity index (χ3v) is 4.39. The van der Waals surface area contributed by atoms with E-state index in [1.807, 2.05) is 36.4 Å². The van der Waals surface area contributed by atoms with E-state index in [-0.39, 0.29) is 5.97 Å². The quantitative estimate of drug-likeness (QED) is 0.538. The van der Waals surface area contributed by atoms with Crippen molar-refractivity contribution in [2.75, 3.05) is 31.2 Å². The number of benzene rings is 3. The summed E-state index contributed by atoms with van der Waals surface area (Å²) in [5, 5.41) is 2.18. The Morgan fingerprint density at radius 3 is 2.40 bits per heavy atom. The van der Waals surface area contributed by atoms with Crippen LogP contribution in [0.2, 0.25) is 0 Å². The molecule has 0 bridgehead atoms. The smallest absolute Gasteiger partial charge is 0.343 e. The first-order valence-corrected chi connectivity index (χ1v) is 8.43. The average molecular weight is 333 g/mol. The molecule has 0 amide bonds. The van der Waals surface area contributed by atoms with Gasteiger partial charge in [0.05, 0.1) is 18.8 Å². The summed E-state index contributed by atoms with van der Waals surface area (Å²) in [5.74, 6) is 0.213. The molecular weight excluding hydrogens is 314 g/mol. The normalized spacial score (nSPS) is 14.5. The third kappa shape index (κ3) is 3.49. The molecule has 4 rings (SSSR count). The number of esters is 1. The number of morpholine rings is 1. The first-order chi connectivity index (χ1) is 12.3. The van der Waals surface area contributed by atoms with Crippen molar-refractivity contribution < 1.29 is 14.3 Å². The summed E-state index contributed by atoms with van der Waals surface area (Å²) in [4.78, 5) is 14.5. The van der Waals surface area contributed by atoms with Crippen LogP contribution in [0.3, 0.4) is 0 Å². The van der Waals surface area contributed by atoms with Crippen molar-refractivity contribution in [3.8, 4) is 5.75 Å². The Morgan fingerprint density at radius 2 is 1.60 bits per heavy atom. The van der Waals surface area contributed by atoms with Crippen LogP contribution in [0.4, 0.5) is 5.69 Å². The Kier molecular flexibility index (Phi) is 4.36. The van der Waals surface area contributed by atoms with Crippen LogP contribution in [-0.4, -0.2) is 32.3 Å². The lowest BCUT2D eigenvalue weighted by atomic mass is 10.1. The molecule has 0 N–H and O–H groups in total. The minimum Gasteiger partial charge on any atom is -0.423 e. The van der Waals surface area contributed by atoms with E-state index in [4.69, 9.17) is 9.47 Å². The summed E-state index contributed by atoms with van der Waals surface area (Å²) in [7, 11) is 0. The predicted molar refractivity (Wildman–Crippen MR) is 98.4 cm³/mol. The zero-order valence-electron chi connectivity index (χ0n) is 13.9. The van der Waals surface area contributed by atoms with Crippen LogP contribution < -0.4 is 9.64 Å². The van der Waals surface area contributed by atoms with E-state index in [9.17, 15) is 4.79 Å². The SMILES string of the molecule is O=C(Oc1ccc2cc(N3CCOCC3)ccc2c1)c1ccccc1. The molecule has 1 saturated heterocycles. The summed E-state index contributed by atoms with van der Waals surface area (Å²) in [6.07, 6.45) is 0. The molecule has 1 heterocycles. The van der Waals surface area contributed by atoms with Crippen molar-refractivity contribution in [1.29, 1.82) is 0 Å². The average Bonchev–Trinajstić information content (AvgIpc) is 2.69. The van der Waals surface area contributed by atoms with Crippen LogP contribution in [0, 0.1) is 0 Å². The number of hydrogen-bond donors (Lipinski definition) is 0. The number of carbonyl (C=O) groups is 1. The van der Waals surface area contributed by atoms with Gasteiger partial charge in [0.25, 0.3) is 0 Å². The number of hydrogen-bond acceptors (Lipinski definition) is 4. The van der Waals surface area contributed by atoms with E-state index in [2.05, 4.69) is 23.1 Å². The number of carbonyl (C=O) groups excluding carboxylic acids is 1. The molecule has 25 heavy (non-hydrogen) atoms. The molecule has 4 nitrogen and oxygen atoms in total. The van der Waals surface area contributed by atoms with Gasteiger partial charge in [-0.15, -0.1) is 0 Å². The lowest BCUT2D eigenvalue weighted by molar-refractivity contribution is 0.0735. The maximum atomic E-state index is 12.2. The van der Waals surface area contributed by atoms with Crippen molar-refractivity contribution in [3.05, 3.63) is 72.3 Å². The monoisotopic (exact) mass is 333 g/mol. The topological polar surface area (TPSA) is 38.8 Å². The molecule has 1 fully saturated rings. The molecule has 0 atom stereocenters. The molecule has 126 valence electrons. The van der Waals surface area contributed by atoms with E-state index in [0.29, 0.717) is 11.3 Å². The van der Waals surface area contributed by atoms with Gasteiger partial charge in [0.1, 0.15) is 5.75 Å². The number of nitrogens with zero attached hydrogens (tertiary/aromatic N) is 1. The molecule has 1 aliphatic heterocycles. The molecule has 3 aromatic rings. The zero-order valence-corrected chi connectivity index (χ0v) is 13.9. The van der Waals surface area contributed by atoms with E-state index >= 15 is 0 Å². The van der Waals surface area contributed by atoms with E-state index < -0.39 is 0 Å². The maximum Gasteiger partial charge on any atom is 0.343 e. The van der Waals surface area contributed by atoms with Gasteiger partial charge in [0.15, 0.2) is 0 Å². The minimum absolute atomic E-state index is 0.343. The molecule has 0 aliphatic carbocycles. The molecule has 3 aromatic carbocycles. The predicted octanol–water partition coefficient (Wildman–Crippen LogP) is 3.90. The highest BCUT2D eigenvalue weighted by Gasteiger charge is 2.12. The summed E-state index contributed by atoms with van der Waals surface area (Å²) in [6, 6.07) is 21.1. The highest BCUT2D eigenvalue weighted by molar-refractivity contribution is 5.92. The van der Waals surface area contributed by atoms with Crippen LogP contribution >= 0.6 is 0 Å². The van der Waals surface area contributed by atoms with Crippen molar-refractivity contribution in [1.82, 2.24) is 0 Å². The van der Waals surface area contributed by atoms with Gasteiger partial charge in [-0.2, -0.15) is 0 Å². The van der Waals surface area contributed by atoms with Gasteiger partial charge < -0.3 is 14.4 Å². The van der Waals surface area contributed by atoms with Gasteiger partial charge in [-0.1, -0.05) is 30.3 Å². The lowest BCUT2D eigenvalue weighted by Gasteiger charge is -2.29. The number of fused-ring (bicyclic) bond motifs is 1. The lowest BCUT2D eigenvalue weighted by Crippen LogP contribution is -2.36. The maximum absolute atomic E-state index is 12.2. The van der Waals surface area contributed by atoms with Gasteiger partial charge >= 0.3 is 5.97 Å². The Balaban J connectivity index is 1.55. The summed E-state index contributed by atoms with van der Waals surface area (Å²) >= 11 is 0. The highest BCUT2D eigenvalue weighted by Crippen LogP contribution is 2.26. The Hall–Kier alpha value is -2.85. The van der Waals surface area contributed by atoms with Crippen LogP contribution in [0.15, 0.2) is 66.7 Å². The molecule has 4 heteroatoms. The Labute approximate surface area is 146 Å². The van der Waals surface area contributed by atoms with E-state index in [0.717, 1.165) is 37.1 Å². The van der Waals surface area contributed by atoms with Crippen LogP contribution in [-0.2, 0) is 4.74 Å². The van der Waals surface area contributed by atoms with Crippen molar-refractivity contribution in [2.24, 2.45) is 0 Å². The van der Waals surface area contributed by atoms with Gasteiger partial charge in [-0.05, 0) is 47.2 Å². The fraction of sp³-hybridized carbons (Fsp3) is 0.190. The minimum atomic E-state index is -0.343. The third-order valence-electron chi connectivity index (χ3n) is 4.39. The van der Waals surface area contributed by atoms with Crippen molar-refractivity contribution in [3.63, 3.8) is 0 Å². The first kappa shape index (κ1) is 15.7. The van der Waals surface area contributed by atoms with Crippen LogP contribution in [0.1, 0.15) is 10.4 Å². The number of rotatable bonds is 3. The van der Waals surface area contributed by atoms with Crippen LogP contribution in [0.5, 0.6) is 5.75 Å². The summed E-state index contributed by atoms with van der Waals surface area (Å²) in [5.41, 5.74) is 1.75. The second-order valence-electron chi connectivity index (χ2n) is 6.05. The molecule has 0 saturated carbocycles. The number of ether oxygens (including phenoxy) is 2. The van der Waals surface area contributed by atoms with Gasteiger partial charge in [-0.3, -0.25) is 0 Å². The van der Waals surface area contributed by atoms with Crippen molar-refractivity contribution in [2.45, 2.75) is 0 Å². The molecular formula is C21H19NO3. The molecule has 0 unspecified atom stereocenters. The number of anilines is 1. The molecule has 1 aliphatic rings. The second-order valence-corrected chi connectivity index (χ2v) is 6.05. The highest BCUT2D eigenvalue weighted by atomic mass is 16.5. The largest absolute Gasteiger partial charge is 0.423 e. The standard InChI is InChI=1S/C21H19NO3/c23-21(16-4-2-1-3-5-16)25-20-9-7-17-14-19(8-6-18(17)15-20)22-10-12-24-13-11-22/h1-9,14-15H,10-13H2. The van der Waals surface area contributed by atoms with E-state index in [1.54, 1.807) is 12.1 Å². The fourth-order valence-electron chi connectivity index (χ4n) is 3.03. The fourth-order valence-corrected chi connectivity index (χ4v) is 3.03.